The molecule has 7 nitrogen and oxygen atoms in total. The lowest BCUT2D eigenvalue weighted by atomic mass is 10.3. The van der Waals surface area contributed by atoms with Crippen LogP contribution in [0.5, 0.6) is 0 Å². The van der Waals surface area contributed by atoms with Crippen molar-refractivity contribution in [2.24, 2.45) is 0 Å². The molecule has 0 radical (unpaired) electrons. The molecular weight excluding hydrogens is 258 g/mol. The first-order chi connectivity index (χ1) is 9.74. The molecule has 2 heterocycles. The SMILES string of the molecule is CCCc1nc(C(=O)N2CCCN(CCO)CC2)n[nH]1. The molecule has 0 bridgehead atoms. The Morgan fingerprint density at radius 2 is 2.20 bits per heavy atom. The maximum absolute atomic E-state index is 12.3. The van der Waals surface area contributed by atoms with Gasteiger partial charge in [0.25, 0.3) is 5.91 Å². The molecule has 0 spiro atoms. The summed E-state index contributed by atoms with van der Waals surface area (Å²) in [5.41, 5.74) is 0. The minimum Gasteiger partial charge on any atom is -0.395 e. The van der Waals surface area contributed by atoms with Crippen LogP contribution in [0.1, 0.15) is 36.2 Å². The summed E-state index contributed by atoms with van der Waals surface area (Å²) in [6, 6.07) is 0. The second-order valence-corrected chi connectivity index (χ2v) is 5.07. The molecule has 20 heavy (non-hydrogen) atoms. The highest BCUT2D eigenvalue weighted by molar-refractivity contribution is 5.90. The van der Waals surface area contributed by atoms with Gasteiger partial charge >= 0.3 is 0 Å². The van der Waals surface area contributed by atoms with Gasteiger partial charge in [0.15, 0.2) is 0 Å². The van der Waals surface area contributed by atoms with Crippen LogP contribution in [0.2, 0.25) is 0 Å². The Morgan fingerprint density at radius 3 is 2.95 bits per heavy atom. The molecule has 0 atom stereocenters. The van der Waals surface area contributed by atoms with Crippen LogP contribution >= 0.6 is 0 Å². The number of rotatable bonds is 5. The molecule has 0 aliphatic carbocycles. The summed E-state index contributed by atoms with van der Waals surface area (Å²) in [7, 11) is 0. The average molecular weight is 281 g/mol. The van der Waals surface area contributed by atoms with E-state index in [1.807, 2.05) is 0 Å². The minimum absolute atomic E-state index is 0.102. The van der Waals surface area contributed by atoms with Crippen LogP contribution in [-0.4, -0.2) is 75.3 Å². The maximum Gasteiger partial charge on any atom is 0.293 e. The van der Waals surface area contributed by atoms with Crippen LogP contribution in [0.3, 0.4) is 0 Å². The van der Waals surface area contributed by atoms with Crippen molar-refractivity contribution in [2.45, 2.75) is 26.2 Å². The highest BCUT2D eigenvalue weighted by Crippen LogP contribution is 2.07. The molecule has 2 N–H and O–H groups in total. The predicted octanol–water partition coefficient (Wildman–Crippen LogP) is -0.103. The highest BCUT2D eigenvalue weighted by atomic mass is 16.3. The van der Waals surface area contributed by atoms with E-state index in [-0.39, 0.29) is 18.3 Å². The van der Waals surface area contributed by atoms with Crippen molar-refractivity contribution >= 4 is 5.91 Å². The van der Waals surface area contributed by atoms with Crippen LogP contribution in [0.4, 0.5) is 0 Å². The number of amides is 1. The fourth-order valence-corrected chi connectivity index (χ4v) is 2.42. The zero-order chi connectivity index (χ0) is 14.4. The van der Waals surface area contributed by atoms with Gasteiger partial charge in [-0.15, -0.1) is 5.10 Å². The summed E-state index contributed by atoms with van der Waals surface area (Å²) in [5.74, 6) is 0.936. The van der Waals surface area contributed by atoms with Gasteiger partial charge in [-0.2, -0.15) is 0 Å². The quantitative estimate of drug-likeness (QED) is 0.787. The lowest BCUT2D eigenvalue weighted by Gasteiger charge is -2.20. The van der Waals surface area contributed by atoms with E-state index in [0.29, 0.717) is 13.1 Å². The summed E-state index contributed by atoms with van der Waals surface area (Å²) >= 11 is 0. The lowest BCUT2D eigenvalue weighted by molar-refractivity contribution is 0.0748. The van der Waals surface area contributed by atoms with Gasteiger partial charge in [-0.05, 0) is 19.4 Å². The van der Waals surface area contributed by atoms with Crippen molar-refractivity contribution in [1.29, 1.82) is 0 Å². The van der Waals surface area contributed by atoms with Gasteiger partial charge in [-0.25, -0.2) is 4.98 Å². The summed E-state index contributed by atoms with van der Waals surface area (Å²) in [5, 5.41) is 15.8. The number of nitrogens with zero attached hydrogens (tertiary/aromatic N) is 4. The van der Waals surface area contributed by atoms with E-state index in [4.69, 9.17) is 5.11 Å². The average Bonchev–Trinajstić information content (AvgIpc) is 2.78. The smallest absolute Gasteiger partial charge is 0.293 e. The highest BCUT2D eigenvalue weighted by Gasteiger charge is 2.23. The molecule has 2 rings (SSSR count). The number of aliphatic hydroxyl groups excluding tert-OH is 1. The van der Waals surface area contributed by atoms with Crippen molar-refractivity contribution in [3.05, 3.63) is 11.6 Å². The van der Waals surface area contributed by atoms with E-state index < -0.39 is 0 Å². The number of hydrogen-bond donors (Lipinski definition) is 2. The van der Waals surface area contributed by atoms with Gasteiger partial charge in [0.1, 0.15) is 5.82 Å². The van der Waals surface area contributed by atoms with Crippen molar-refractivity contribution in [3.8, 4) is 0 Å². The number of carbonyl (C=O) groups excluding carboxylic acids is 1. The number of hydrogen-bond acceptors (Lipinski definition) is 5. The molecule has 1 aromatic heterocycles. The molecule has 0 saturated carbocycles. The summed E-state index contributed by atoms with van der Waals surface area (Å²) in [6.45, 7) is 5.99. The first kappa shape index (κ1) is 14.9. The van der Waals surface area contributed by atoms with E-state index in [9.17, 15) is 4.79 Å². The lowest BCUT2D eigenvalue weighted by Crippen LogP contribution is -2.36. The molecule has 1 fully saturated rings. The fourth-order valence-electron chi connectivity index (χ4n) is 2.42. The van der Waals surface area contributed by atoms with Crippen LogP contribution in [0.15, 0.2) is 0 Å². The molecule has 1 aliphatic rings. The monoisotopic (exact) mass is 281 g/mol. The molecule has 1 amide bonds. The van der Waals surface area contributed by atoms with Crippen LogP contribution < -0.4 is 0 Å². The zero-order valence-corrected chi connectivity index (χ0v) is 12.0. The van der Waals surface area contributed by atoms with Gasteiger partial charge < -0.3 is 10.0 Å². The number of aliphatic hydroxyl groups is 1. The Kier molecular flexibility index (Phi) is 5.49. The third-order valence-electron chi connectivity index (χ3n) is 3.50. The second kappa shape index (κ2) is 7.35. The third kappa shape index (κ3) is 3.77. The van der Waals surface area contributed by atoms with Crippen molar-refractivity contribution in [3.63, 3.8) is 0 Å². The number of aromatic amines is 1. The summed E-state index contributed by atoms with van der Waals surface area (Å²) in [4.78, 5) is 20.6. The topological polar surface area (TPSA) is 85.3 Å². The van der Waals surface area contributed by atoms with Gasteiger partial charge in [-0.1, -0.05) is 6.92 Å². The Labute approximate surface area is 119 Å². The van der Waals surface area contributed by atoms with Crippen molar-refractivity contribution in [2.75, 3.05) is 39.3 Å². The number of H-pyrrole nitrogens is 1. The van der Waals surface area contributed by atoms with E-state index >= 15 is 0 Å². The van der Waals surface area contributed by atoms with Crippen molar-refractivity contribution < 1.29 is 9.90 Å². The van der Waals surface area contributed by atoms with E-state index in [1.165, 1.54) is 0 Å². The van der Waals surface area contributed by atoms with E-state index in [1.54, 1.807) is 4.90 Å². The summed E-state index contributed by atoms with van der Waals surface area (Å²) in [6.07, 6.45) is 2.70. The third-order valence-corrected chi connectivity index (χ3v) is 3.50. The predicted molar refractivity (Wildman–Crippen MR) is 74.4 cm³/mol. The number of carbonyl (C=O) groups is 1. The molecular formula is C13H23N5O2. The molecule has 0 aromatic carbocycles. The van der Waals surface area contributed by atoms with E-state index in [2.05, 4.69) is 27.0 Å². The number of aryl methyl sites for hydroxylation is 1. The first-order valence-electron chi connectivity index (χ1n) is 7.28. The van der Waals surface area contributed by atoms with Crippen LogP contribution in [0.25, 0.3) is 0 Å². The van der Waals surface area contributed by atoms with Gasteiger partial charge in [0.05, 0.1) is 6.61 Å². The molecule has 112 valence electrons. The molecule has 1 aromatic rings. The number of nitrogens with one attached hydrogen (secondary N) is 1. The van der Waals surface area contributed by atoms with Gasteiger partial charge in [0, 0.05) is 32.6 Å². The molecule has 1 saturated heterocycles. The normalized spacial score (nSPS) is 17.2. The molecule has 7 heteroatoms. The van der Waals surface area contributed by atoms with Gasteiger partial charge in [0.2, 0.25) is 5.82 Å². The largest absolute Gasteiger partial charge is 0.395 e. The molecule has 0 unspecified atom stereocenters. The van der Waals surface area contributed by atoms with Gasteiger partial charge in [-0.3, -0.25) is 14.8 Å². The molecule has 1 aliphatic heterocycles. The Morgan fingerprint density at radius 1 is 1.35 bits per heavy atom. The van der Waals surface area contributed by atoms with E-state index in [0.717, 1.165) is 44.7 Å². The first-order valence-corrected chi connectivity index (χ1v) is 7.28. The standard InChI is InChI=1S/C13H23N5O2/c1-2-4-11-14-12(16-15-11)13(20)18-6-3-5-17(7-8-18)9-10-19/h19H,2-10H2,1H3,(H,14,15,16). The number of aromatic nitrogens is 3. The van der Waals surface area contributed by atoms with Crippen LogP contribution in [-0.2, 0) is 6.42 Å². The Hall–Kier alpha value is -1.47. The fraction of sp³-hybridized carbons (Fsp3) is 0.769. The second-order valence-electron chi connectivity index (χ2n) is 5.07. The van der Waals surface area contributed by atoms with Crippen LogP contribution in [0, 0.1) is 0 Å². The number of β-amino-alcohol motifs (C(OH)–C–C–N with tert-alkyl or cyclic N) is 1. The maximum atomic E-state index is 12.3. The minimum atomic E-state index is -0.102. The van der Waals surface area contributed by atoms with Crippen molar-refractivity contribution in [1.82, 2.24) is 25.0 Å². The Bertz CT molecular complexity index is 434. The summed E-state index contributed by atoms with van der Waals surface area (Å²) < 4.78 is 0. The zero-order valence-electron chi connectivity index (χ0n) is 12.0. The Balaban J connectivity index is 1.94.